The van der Waals surface area contributed by atoms with Crippen LogP contribution < -0.4 is 10.6 Å². The topological polar surface area (TPSA) is 58.4 Å². The van der Waals surface area contributed by atoms with E-state index in [9.17, 15) is 9.18 Å². The Morgan fingerprint density at radius 2 is 2.12 bits per heavy atom. The number of carbonyl (C=O) groups is 1. The molecule has 0 amide bonds. The zero-order chi connectivity index (χ0) is 16.7. The summed E-state index contributed by atoms with van der Waals surface area (Å²) in [5, 5.41) is 11.1. The molecule has 1 saturated carbocycles. The molecular weight excluding hydrogens is 331 g/mol. The first-order valence-electron chi connectivity index (χ1n) is 7.59. The van der Waals surface area contributed by atoms with Crippen LogP contribution in [0.2, 0.25) is 5.02 Å². The Hall–Kier alpha value is -2.60. The number of pyridine rings is 1. The third kappa shape index (κ3) is 2.80. The average molecular weight is 345 g/mol. The van der Waals surface area contributed by atoms with E-state index in [1.165, 1.54) is 24.4 Å². The zero-order valence-electron chi connectivity index (χ0n) is 12.6. The van der Waals surface area contributed by atoms with E-state index in [0.717, 1.165) is 24.9 Å². The van der Waals surface area contributed by atoms with Crippen molar-refractivity contribution in [3.63, 3.8) is 0 Å². The molecule has 7 heteroatoms. The van der Waals surface area contributed by atoms with Crippen LogP contribution in [0.4, 0.5) is 21.6 Å². The second-order valence-electron chi connectivity index (χ2n) is 5.81. The van der Waals surface area contributed by atoms with E-state index < -0.39 is 5.82 Å². The monoisotopic (exact) mass is 344 g/mol. The molecule has 0 bridgehead atoms. The highest BCUT2D eigenvalue weighted by Gasteiger charge is 2.22. The van der Waals surface area contributed by atoms with Crippen molar-refractivity contribution in [2.75, 3.05) is 10.6 Å². The van der Waals surface area contributed by atoms with Gasteiger partial charge in [0.1, 0.15) is 11.6 Å². The molecule has 122 valence electrons. The lowest BCUT2D eigenvalue weighted by Gasteiger charge is -2.13. The van der Waals surface area contributed by atoms with Gasteiger partial charge in [0, 0.05) is 22.8 Å². The molecule has 0 spiro atoms. The molecule has 24 heavy (non-hydrogen) atoms. The third-order valence-corrected chi connectivity index (χ3v) is 4.15. The van der Waals surface area contributed by atoms with Gasteiger partial charge < -0.3 is 10.6 Å². The van der Waals surface area contributed by atoms with Crippen LogP contribution >= 0.6 is 11.6 Å². The van der Waals surface area contributed by atoms with Gasteiger partial charge in [-0.25, -0.2) is 8.91 Å². The van der Waals surface area contributed by atoms with Crippen molar-refractivity contribution in [1.29, 1.82) is 0 Å². The fraction of sp³-hybridized carbons (Fsp3) is 0.176. The van der Waals surface area contributed by atoms with Crippen LogP contribution in [0.5, 0.6) is 0 Å². The number of carbonyl (C=O) groups excluding carboxylic acids is 1. The van der Waals surface area contributed by atoms with Crippen LogP contribution in [-0.2, 0) is 0 Å². The summed E-state index contributed by atoms with van der Waals surface area (Å²) in [4.78, 5) is 11.2. The number of fused-ring (bicyclic) bond motifs is 1. The molecule has 0 aliphatic heterocycles. The Labute approximate surface area is 142 Å². The first-order valence-corrected chi connectivity index (χ1v) is 7.97. The number of aromatic nitrogens is 2. The van der Waals surface area contributed by atoms with Crippen molar-refractivity contribution >= 4 is 40.6 Å². The fourth-order valence-electron chi connectivity index (χ4n) is 2.56. The second-order valence-corrected chi connectivity index (χ2v) is 6.25. The average Bonchev–Trinajstić information content (AvgIpc) is 3.28. The van der Waals surface area contributed by atoms with Gasteiger partial charge in [-0.05, 0) is 37.1 Å². The molecule has 1 fully saturated rings. The van der Waals surface area contributed by atoms with Gasteiger partial charge in [-0.1, -0.05) is 11.6 Å². The summed E-state index contributed by atoms with van der Waals surface area (Å²) in [7, 11) is 0. The van der Waals surface area contributed by atoms with Crippen LogP contribution in [0.15, 0.2) is 36.5 Å². The number of anilines is 3. The van der Waals surface area contributed by atoms with Crippen LogP contribution in [-0.4, -0.2) is 21.9 Å². The van der Waals surface area contributed by atoms with E-state index in [1.807, 2.05) is 6.07 Å². The Kier molecular flexibility index (Phi) is 3.61. The number of hydrogen-bond acceptors (Lipinski definition) is 4. The minimum Gasteiger partial charge on any atom is -0.367 e. The molecule has 4 rings (SSSR count). The predicted octanol–water partition coefficient (Wildman–Crippen LogP) is 4.26. The van der Waals surface area contributed by atoms with Gasteiger partial charge in [0.2, 0.25) is 0 Å². The minimum atomic E-state index is -0.403. The van der Waals surface area contributed by atoms with Crippen molar-refractivity contribution in [2.24, 2.45) is 0 Å². The van der Waals surface area contributed by atoms with Gasteiger partial charge in [-0.15, -0.1) is 0 Å². The molecule has 1 aromatic carbocycles. The minimum absolute atomic E-state index is 0.274. The molecule has 2 N–H and O–H groups in total. The van der Waals surface area contributed by atoms with E-state index in [2.05, 4.69) is 15.7 Å². The second kappa shape index (κ2) is 5.79. The van der Waals surface area contributed by atoms with E-state index in [1.54, 1.807) is 10.6 Å². The molecule has 1 aliphatic carbocycles. The number of halogens is 2. The summed E-state index contributed by atoms with van der Waals surface area (Å²) in [5.74, 6) is 0.355. The summed E-state index contributed by atoms with van der Waals surface area (Å²) in [6.07, 6.45) is 4.48. The van der Waals surface area contributed by atoms with Crippen molar-refractivity contribution in [2.45, 2.75) is 18.9 Å². The predicted molar refractivity (Wildman–Crippen MR) is 91.9 cm³/mol. The first-order chi connectivity index (χ1) is 11.6. The van der Waals surface area contributed by atoms with E-state index in [0.29, 0.717) is 27.8 Å². The van der Waals surface area contributed by atoms with Crippen molar-refractivity contribution < 1.29 is 9.18 Å². The Morgan fingerprint density at radius 3 is 2.88 bits per heavy atom. The van der Waals surface area contributed by atoms with E-state index >= 15 is 0 Å². The highest BCUT2D eigenvalue weighted by atomic mass is 35.5. The van der Waals surface area contributed by atoms with Crippen molar-refractivity contribution in [3.05, 3.63) is 52.9 Å². The van der Waals surface area contributed by atoms with E-state index in [-0.39, 0.29) is 5.69 Å². The molecule has 0 radical (unpaired) electrons. The number of aldehydes is 1. The summed E-state index contributed by atoms with van der Waals surface area (Å²) in [6.45, 7) is 0. The van der Waals surface area contributed by atoms with Crippen LogP contribution in [0, 0.1) is 5.82 Å². The van der Waals surface area contributed by atoms with Crippen LogP contribution in [0.25, 0.3) is 5.52 Å². The fourth-order valence-corrected chi connectivity index (χ4v) is 2.73. The Balaban J connectivity index is 1.79. The lowest BCUT2D eigenvalue weighted by atomic mass is 10.2. The first kappa shape index (κ1) is 15.0. The summed E-state index contributed by atoms with van der Waals surface area (Å²) in [5.41, 5.74) is 2.05. The molecular formula is C17H14ClFN4O. The molecule has 3 aromatic rings. The maximum atomic E-state index is 14.0. The highest BCUT2D eigenvalue weighted by Crippen LogP contribution is 2.30. The van der Waals surface area contributed by atoms with Gasteiger partial charge >= 0.3 is 0 Å². The van der Waals surface area contributed by atoms with Gasteiger partial charge in [-0.3, -0.25) is 4.79 Å². The number of nitrogens with zero attached hydrogens (tertiary/aromatic N) is 2. The molecule has 2 aromatic heterocycles. The molecule has 1 aliphatic rings. The smallest absolute Gasteiger partial charge is 0.153 e. The van der Waals surface area contributed by atoms with Gasteiger partial charge in [0.15, 0.2) is 6.29 Å². The molecule has 2 heterocycles. The Morgan fingerprint density at radius 1 is 1.29 bits per heavy atom. The molecule has 0 saturated heterocycles. The van der Waals surface area contributed by atoms with Crippen LogP contribution in [0.1, 0.15) is 23.2 Å². The molecule has 0 unspecified atom stereocenters. The lowest BCUT2D eigenvalue weighted by Crippen LogP contribution is -2.08. The van der Waals surface area contributed by atoms with E-state index in [4.69, 9.17) is 11.6 Å². The maximum Gasteiger partial charge on any atom is 0.153 e. The zero-order valence-corrected chi connectivity index (χ0v) is 13.3. The van der Waals surface area contributed by atoms with Gasteiger partial charge in [-0.2, -0.15) is 5.10 Å². The van der Waals surface area contributed by atoms with Crippen molar-refractivity contribution in [1.82, 2.24) is 9.61 Å². The van der Waals surface area contributed by atoms with Crippen molar-refractivity contribution in [3.8, 4) is 0 Å². The SMILES string of the molecule is O=Cc1cnn2c(NC3CC3)cc(Nc3cc(Cl)ccc3F)cc12. The van der Waals surface area contributed by atoms with Gasteiger partial charge in [0.05, 0.1) is 23.0 Å². The summed E-state index contributed by atoms with van der Waals surface area (Å²) in [6, 6.07) is 8.33. The lowest BCUT2D eigenvalue weighted by molar-refractivity contribution is 0.112. The number of hydrogen-bond donors (Lipinski definition) is 2. The quantitative estimate of drug-likeness (QED) is 0.679. The summed E-state index contributed by atoms with van der Waals surface area (Å²) >= 11 is 5.94. The highest BCUT2D eigenvalue weighted by molar-refractivity contribution is 6.30. The van der Waals surface area contributed by atoms with Crippen LogP contribution in [0.3, 0.4) is 0 Å². The number of benzene rings is 1. The number of nitrogens with one attached hydrogen (secondary N) is 2. The largest absolute Gasteiger partial charge is 0.367 e. The normalized spacial score (nSPS) is 13.9. The summed E-state index contributed by atoms with van der Waals surface area (Å²) < 4.78 is 15.6. The standard InChI is InChI=1S/C17H14ClFN4O/c18-11-1-4-14(19)15(5-11)21-13-6-16-10(9-24)8-20-23(16)17(7-13)22-12-2-3-12/h1,4-9,12,21-22H,2-3H2. The maximum absolute atomic E-state index is 14.0. The Bertz CT molecular complexity index is 936. The molecule has 5 nitrogen and oxygen atoms in total. The third-order valence-electron chi connectivity index (χ3n) is 3.91. The van der Waals surface area contributed by atoms with Gasteiger partial charge in [0.25, 0.3) is 0 Å². The number of rotatable bonds is 5. The molecule has 0 atom stereocenters.